The topological polar surface area (TPSA) is 27.1 Å². The van der Waals surface area contributed by atoms with Crippen LogP contribution in [0.4, 0.5) is 0 Å². The third-order valence-electron chi connectivity index (χ3n) is 4.34. The first-order valence-corrected chi connectivity index (χ1v) is 9.79. The molecule has 0 saturated heterocycles. The van der Waals surface area contributed by atoms with Gasteiger partial charge in [-0.05, 0) is 55.7 Å². The Morgan fingerprint density at radius 3 is 2.69 bits per heavy atom. The van der Waals surface area contributed by atoms with Crippen LogP contribution in [0.25, 0.3) is 0 Å². The Morgan fingerprint density at radius 1 is 1.19 bits per heavy atom. The zero-order valence-corrected chi connectivity index (χ0v) is 16.6. The van der Waals surface area contributed by atoms with Gasteiger partial charge in [0, 0.05) is 33.6 Å². The highest BCUT2D eigenvalue weighted by atomic mass is 35.5. The Hall–Kier alpha value is -1.91. The van der Waals surface area contributed by atoms with E-state index in [-0.39, 0.29) is 4.75 Å². The van der Waals surface area contributed by atoms with E-state index in [9.17, 15) is 0 Å². The maximum Gasteiger partial charge on any atom is 0.119 e. The van der Waals surface area contributed by atoms with Crippen molar-refractivity contribution in [3.8, 4) is 5.75 Å². The van der Waals surface area contributed by atoms with Gasteiger partial charge < -0.3 is 9.30 Å². The van der Waals surface area contributed by atoms with E-state index >= 15 is 0 Å². The van der Waals surface area contributed by atoms with Crippen molar-refractivity contribution in [3.05, 3.63) is 77.8 Å². The first kappa shape index (κ1) is 18.9. The summed E-state index contributed by atoms with van der Waals surface area (Å²) in [4.78, 5) is 5.40. The lowest BCUT2D eigenvalue weighted by atomic mass is 10.00. The SMILES string of the molecule is COc1cccc(SC(C)(CCc2ccc(Cl)cc2)Cn2ccnc2)c1. The van der Waals surface area contributed by atoms with Crippen molar-refractivity contribution in [1.29, 1.82) is 0 Å². The molecule has 0 saturated carbocycles. The average Bonchev–Trinajstić information content (AvgIpc) is 3.14. The molecule has 0 aliphatic rings. The third-order valence-corrected chi connectivity index (χ3v) is 5.91. The number of aromatic nitrogens is 2. The summed E-state index contributed by atoms with van der Waals surface area (Å²) in [6, 6.07) is 16.4. The van der Waals surface area contributed by atoms with Gasteiger partial charge >= 0.3 is 0 Å². The summed E-state index contributed by atoms with van der Waals surface area (Å²) in [5, 5.41) is 0.778. The summed E-state index contributed by atoms with van der Waals surface area (Å²) in [6.07, 6.45) is 7.77. The van der Waals surface area contributed by atoms with E-state index in [4.69, 9.17) is 16.3 Å². The quantitative estimate of drug-likeness (QED) is 0.462. The van der Waals surface area contributed by atoms with Crippen LogP contribution in [0.1, 0.15) is 18.9 Å². The number of imidazole rings is 1. The Morgan fingerprint density at radius 2 is 2.00 bits per heavy atom. The molecule has 1 heterocycles. The molecule has 5 heteroatoms. The van der Waals surface area contributed by atoms with E-state index in [2.05, 4.69) is 40.7 Å². The van der Waals surface area contributed by atoms with Crippen molar-refractivity contribution in [2.45, 2.75) is 36.0 Å². The Bertz CT molecular complexity index is 820. The van der Waals surface area contributed by atoms with E-state index in [0.29, 0.717) is 0 Å². The van der Waals surface area contributed by atoms with Gasteiger partial charge in [0.15, 0.2) is 0 Å². The number of ether oxygens (including phenoxy) is 1. The summed E-state index contributed by atoms with van der Waals surface area (Å²) < 4.78 is 7.54. The van der Waals surface area contributed by atoms with Crippen molar-refractivity contribution < 1.29 is 4.74 Å². The van der Waals surface area contributed by atoms with Crippen LogP contribution in [-0.2, 0) is 13.0 Å². The van der Waals surface area contributed by atoms with Crippen molar-refractivity contribution >= 4 is 23.4 Å². The van der Waals surface area contributed by atoms with Crippen LogP contribution in [0.3, 0.4) is 0 Å². The lowest BCUT2D eigenvalue weighted by Crippen LogP contribution is -2.27. The largest absolute Gasteiger partial charge is 0.497 e. The zero-order chi connectivity index (χ0) is 18.4. The van der Waals surface area contributed by atoms with Crippen molar-refractivity contribution in [2.24, 2.45) is 0 Å². The molecule has 0 radical (unpaired) electrons. The molecule has 3 rings (SSSR count). The van der Waals surface area contributed by atoms with Crippen LogP contribution in [0, 0.1) is 0 Å². The van der Waals surface area contributed by atoms with Crippen LogP contribution in [0.15, 0.2) is 72.1 Å². The lowest BCUT2D eigenvalue weighted by molar-refractivity contribution is 0.413. The van der Waals surface area contributed by atoms with Crippen molar-refractivity contribution in [3.63, 3.8) is 0 Å². The molecule has 26 heavy (non-hydrogen) atoms. The van der Waals surface area contributed by atoms with Gasteiger partial charge in [0.05, 0.1) is 13.4 Å². The third kappa shape index (κ3) is 5.29. The Kier molecular flexibility index (Phi) is 6.28. The molecule has 0 bridgehead atoms. The standard InChI is InChI=1S/C21H23ClN2OS/c1-21(15-24-13-12-23-16-24,11-10-17-6-8-18(22)9-7-17)26-20-5-3-4-19(14-20)25-2/h3-9,12-14,16H,10-11,15H2,1-2H3. The molecule has 0 N–H and O–H groups in total. The van der Waals surface area contributed by atoms with Crippen molar-refractivity contribution in [2.75, 3.05) is 7.11 Å². The molecule has 3 nitrogen and oxygen atoms in total. The van der Waals surface area contributed by atoms with E-state index < -0.39 is 0 Å². The minimum atomic E-state index is 0.0205. The number of aryl methyl sites for hydroxylation is 1. The molecule has 136 valence electrons. The Balaban J connectivity index is 1.77. The summed E-state index contributed by atoms with van der Waals surface area (Å²) >= 11 is 7.89. The number of thioether (sulfide) groups is 1. The van der Waals surface area contributed by atoms with E-state index in [0.717, 1.165) is 30.2 Å². The minimum absolute atomic E-state index is 0.0205. The van der Waals surface area contributed by atoms with Crippen LogP contribution in [0.5, 0.6) is 5.75 Å². The molecule has 1 aromatic heterocycles. The number of halogens is 1. The number of rotatable bonds is 8. The molecule has 3 aromatic rings. The predicted octanol–water partition coefficient (Wildman–Crippen LogP) is 5.73. The fourth-order valence-corrected chi connectivity index (χ4v) is 4.37. The molecule has 0 aliphatic heterocycles. The summed E-state index contributed by atoms with van der Waals surface area (Å²) in [6.45, 7) is 3.20. The Labute approximate surface area is 164 Å². The van der Waals surface area contributed by atoms with Crippen LogP contribution in [-0.4, -0.2) is 21.4 Å². The fourth-order valence-electron chi connectivity index (χ4n) is 2.94. The molecular weight excluding hydrogens is 364 g/mol. The maximum absolute atomic E-state index is 6.01. The zero-order valence-electron chi connectivity index (χ0n) is 15.1. The van der Waals surface area contributed by atoms with Crippen LogP contribution < -0.4 is 4.74 Å². The average molecular weight is 387 g/mol. The number of methoxy groups -OCH3 is 1. The highest BCUT2D eigenvalue weighted by Crippen LogP contribution is 2.39. The fraction of sp³-hybridized carbons (Fsp3) is 0.286. The smallest absolute Gasteiger partial charge is 0.119 e. The second kappa shape index (κ2) is 8.65. The minimum Gasteiger partial charge on any atom is -0.497 e. The highest BCUT2D eigenvalue weighted by molar-refractivity contribution is 8.00. The van der Waals surface area contributed by atoms with Crippen LogP contribution >= 0.6 is 23.4 Å². The van der Waals surface area contributed by atoms with Gasteiger partial charge in [0.1, 0.15) is 5.75 Å². The molecule has 0 spiro atoms. The molecule has 1 unspecified atom stereocenters. The number of nitrogens with zero attached hydrogens (tertiary/aromatic N) is 2. The monoisotopic (exact) mass is 386 g/mol. The van der Waals surface area contributed by atoms with Gasteiger partial charge in [0.2, 0.25) is 0 Å². The predicted molar refractivity (Wildman–Crippen MR) is 109 cm³/mol. The second-order valence-electron chi connectivity index (χ2n) is 6.59. The molecule has 0 amide bonds. The molecule has 0 aliphatic carbocycles. The van der Waals surface area contributed by atoms with E-state index in [1.807, 2.05) is 54.7 Å². The second-order valence-corrected chi connectivity index (χ2v) is 8.69. The van der Waals surface area contributed by atoms with E-state index in [1.54, 1.807) is 7.11 Å². The summed E-state index contributed by atoms with van der Waals surface area (Å²) in [5.74, 6) is 0.887. The first-order valence-electron chi connectivity index (χ1n) is 8.60. The van der Waals surface area contributed by atoms with Crippen molar-refractivity contribution in [1.82, 2.24) is 9.55 Å². The molecule has 1 atom stereocenters. The molecule has 2 aromatic carbocycles. The maximum atomic E-state index is 6.01. The summed E-state index contributed by atoms with van der Waals surface area (Å²) in [5.41, 5.74) is 1.30. The lowest BCUT2D eigenvalue weighted by Gasteiger charge is -2.30. The van der Waals surface area contributed by atoms with Crippen LogP contribution in [0.2, 0.25) is 5.02 Å². The first-order chi connectivity index (χ1) is 12.6. The van der Waals surface area contributed by atoms with E-state index in [1.165, 1.54) is 10.5 Å². The number of hydrogen-bond acceptors (Lipinski definition) is 3. The molecule has 0 fully saturated rings. The number of hydrogen-bond donors (Lipinski definition) is 0. The normalized spacial score (nSPS) is 13.3. The van der Waals surface area contributed by atoms with Gasteiger partial charge in [-0.15, -0.1) is 11.8 Å². The summed E-state index contributed by atoms with van der Waals surface area (Å²) in [7, 11) is 1.70. The number of benzene rings is 2. The highest BCUT2D eigenvalue weighted by Gasteiger charge is 2.26. The van der Waals surface area contributed by atoms with Gasteiger partial charge in [-0.2, -0.15) is 0 Å². The van der Waals surface area contributed by atoms with Gasteiger partial charge in [-0.25, -0.2) is 4.98 Å². The van der Waals surface area contributed by atoms with Gasteiger partial charge in [-0.1, -0.05) is 29.8 Å². The van der Waals surface area contributed by atoms with Gasteiger partial charge in [0.25, 0.3) is 0 Å². The molecular formula is C21H23ClN2OS. The van der Waals surface area contributed by atoms with Gasteiger partial charge in [-0.3, -0.25) is 0 Å².